The van der Waals surface area contributed by atoms with Crippen molar-refractivity contribution in [3.05, 3.63) is 0 Å². The van der Waals surface area contributed by atoms with Gasteiger partial charge in [-0.25, -0.2) is 0 Å². The molecule has 1 nitrogen and oxygen atoms in total. The van der Waals surface area contributed by atoms with Gasteiger partial charge in [-0.05, 0) is 18.3 Å². The van der Waals surface area contributed by atoms with Gasteiger partial charge in [0, 0.05) is 11.8 Å². The largest absolute Gasteiger partial charge is 0.299 e. The van der Waals surface area contributed by atoms with Crippen LogP contribution in [0.1, 0.15) is 20.3 Å². The van der Waals surface area contributed by atoms with E-state index in [9.17, 15) is 4.79 Å². The predicted molar refractivity (Wildman–Crippen MR) is 34.9 cm³/mol. The molecule has 0 saturated heterocycles. The van der Waals surface area contributed by atoms with Gasteiger partial charge in [0.1, 0.15) is 5.78 Å². The molecule has 0 bridgehead atoms. The van der Waals surface area contributed by atoms with Crippen LogP contribution in [0.5, 0.6) is 0 Å². The minimum absolute atomic E-state index is 0.394. The molecule has 0 aromatic rings. The molecule has 2 aliphatic rings. The van der Waals surface area contributed by atoms with Crippen molar-refractivity contribution in [2.24, 2.45) is 23.7 Å². The third kappa shape index (κ3) is 0.525. The van der Waals surface area contributed by atoms with Crippen molar-refractivity contribution < 1.29 is 4.79 Å². The molecule has 0 N–H and O–H groups in total. The van der Waals surface area contributed by atoms with Crippen LogP contribution in [0.3, 0.4) is 0 Å². The molecule has 2 aliphatic carbocycles. The van der Waals surface area contributed by atoms with Crippen LogP contribution in [0.15, 0.2) is 0 Å². The molecule has 2 rings (SSSR count). The minimum Gasteiger partial charge on any atom is -0.299 e. The van der Waals surface area contributed by atoms with Crippen molar-refractivity contribution in [3.63, 3.8) is 0 Å². The maximum absolute atomic E-state index is 11.1. The van der Waals surface area contributed by atoms with Crippen molar-refractivity contribution in [3.8, 4) is 0 Å². The monoisotopic (exact) mass is 124 g/mol. The third-order valence-electron chi connectivity index (χ3n) is 3.07. The number of hydrogen-bond donors (Lipinski definition) is 0. The van der Waals surface area contributed by atoms with Gasteiger partial charge in [0.25, 0.3) is 0 Å². The summed E-state index contributed by atoms with van der Waals surface area (Å²) >= 11 is 0. The summed E-state index contributed by atoms with van der Waals surface area (Å²) in [4.78, 5) is 11.1. The average Bonchev–Trinajstić information content (AvgIpc) is 2.56. The second-order valence-electron chi connectivity index (χ2n) is 3.54. The fraction of sp³-hybridized carbons (Fsp3) is 0.875. The first-order valence-electron chi connectivity index (χ1n) is 3.75. The van der Waals surface area contributed by atoms with E-state index < -0.39 is 0 Å². The summed E-state index contributed by atoms with van der Waals surface area (Å²) in [5.74, 6) is 2.87. The molecule has 0 heterocycles. The molecule has 50 valence electrons. The number of carbonyl (C=O) groups excluding carboxylic acids is 1. The topological polar surface area (TPSA) is 17.1 Å². The Morgan fingerprint density at radius 2 is 1.67 bits per heavy atom. The van der Waals surface area contributed by atoms with Crippen LogP contribution in [-0.4, -0.2) is 5.78 Å². The standard InChI is InChI=1S/C8H12O/c1-4-6-3-7(6)5(2)8(4)9/h4-7H,3H2,1-2H3/t4-,5+,6+,7-. The molecule has 2 saturated carbocycles. The lowest BCUT2D eigenvalue weighted by Gasteiger charge is -2.04. The zero-order valence-electron chi connectivity index (χ0n) is 5.92. The summed E-state index contributed by atoms with van der Waals surface area (Å²) in [6.07, 6.45) is 1.33. The van der Waals surface area contributed by atoms with Crippen LogP contribution in [0.4, 0.5) is 0 Å². The van der Waals surface area contributed by atoms with Crippen LogP contribution >= 0.6 is 0 Å². The number of fused-ring (bicyclic) bond motifs is 1. The van der Waals surface area contributed by atoms with Gasteiger partial charge in [-0.3, -0.25) is 4.79 Å². The van der Waals surface area contributed by atoms with E-state index in [-0.39, 0.29) is 0 Å². The second kappa shape index (κ2) is 1.39. The van der Waals surface area contributed by atoms with Gasteiger partial charge in [-0.2, -0.15) is 0 Å². The fourth-order valence-electron chi connectivity index (χ4n) is 2.22. The molecule has 2 fully saturated rings. The molecule has 0 amide bonds. The first kappa shape index (κ1) is 5.45. The van der Waals surface area contributed by atoms with Crippen LogP contribution in [0.25, 0.3) is 0 Å². The Labute approximate surface area is 55.4 Å². The number of rotatable bonds is 0. The number of hydrogen-bond acceptors (Lipinski definition) is 1. The summed E-state index contributed by atoms with van der Waals surface area (Å²) in [5.41, 5.74) is 0. The van der Waals surface area contributed by atoms with Gasteiger partial charge in [0.05, 0.1) is 0 Å². The van der Waals surface area contributed by atoms with Crippen molar-refractivity contribution in [1.82, 2.24) is 0 Å². The fourth-order valence-corrected chi connectivity index (χ4v) is 2.22. The minimum atomic E-state index is 0.394. The molecule has 0 aromatic heterocycles. The molecule has 4 atom stereocenters. The highest BCUT2D eigenvalue weighted by Gasteiger charge is 2.55. The van der Waals surface area contributed by atoms with Crippen molar-refractivity contribution >= 4 is 5.78 Å². The summed E-state index contributed by atoms with van der Waals surface area (Å²) < 4.78 is 0. The van der Waals surface area contributed by atoms with Gasteiger partial charge in [-0.1, -0.05) is 13.8 Å². The highest BCUT2D eigenvalue weighted by molar-refractivity contribution is 5.87. The van der Waals surface area contributed by atoms with E-state index in [1.54, 1.807) is 0 Å². The van der Waals surface area contributed by atoms with E-state index in [1.165, 1.54) is 6.42 Å². The summed E-state index contributed by atoms with van der Waals surface area (Å²) in [6.45, 7) is 4.16. The van der Waals surface area contributed by atoms with E-state index in [0.29, 0.717) is 17.6 Å². The Balaban J connectivity index is 2.23. The quantitative estimate of drug-likeness (QED) is 0.478. The Kier molecular flexibility index (Phi) is 0.842. The summed E-state index contributed by atoms with van der Waals surface area (Å²) in [7, 11) is 0. The van der Waals surface area contributed by atoms with Crippen LogP contribution < -0.4 is 0 Å². The second-order valence-corrected chi connectivity index (χ2v) is 3.54. The lowest BCUT2D eigenvalue weighted by Crippen LogP contribution is -2.13. The third-order valence-corrected chi connectivity index (χ3v) is 3.07. The molecule has 0 radical (unpaired) electrons. The highest BCUT2D eigenvalue weighted by atomic mass is 16.1. The number of carbonyl (C=O) groups is 1. The molecule has 0 spiro atoms. The molecule has 0 aromatic carbocycles. The molecular formula is C8H12O. The lowest BCUT2D eigenvalue weighted by atomic mass is 9.99. The molecular weight excluding hydrogens is 112 g/mol. The highest BCUT2D eigenvalue weighted by Crippen LogP contribution is 2.56. The first-order chi connectivity index (χ1) is 4.22. The van der Waals surface area contributed by atoms with E-state index in [2.05, 4.69) is 13.8 Å². The van der Waals surface area contributed by atoms with E-state index in [0.717, 1.165) is 11.8 Å². The van der Waals surface area contributed by atoms with Gasteiger partial charge < -0.3 is 0 Å². The maximum Gasteiger partial charge on any atom is 0.139 e. The van der Waals surface area contributed by atoms with Gasteiger partial charge in [-0.15, -0.1) is 0 Å². The Morgan fingerprint density at radius 3 is 1.89 bits per heavy atom. The zero-order valence-corrected chi connectivity index (χ0v) is 5.92. The molecule has 0 aliphatic heterocycles. The van der Waals surface area contributed by atoms with Crippen molar-refractivity contribution in [2.45, 2.75) is 20.3 Å². The van der Waals surface area contributed by atoms with E-state index >= 15 is 0 Å². The zero-order chi connectivity index (χ0) is 6.59. The smallest absolute Gasteiger partial charge is 0.139 e. The first-order valence-corrected chi connectivity index (χ1v) is 3.75. The number of ketones is 1. The Bertz CT molecular complexity index is 146. The van der Waals surface area contributed by atoms with Crippen LogP contribution in [0.2, 0.25) is 0 Å². The molecule has 1 heteroatoms. The Hall–Kier alpha value is -0.330. The molecule has 0 unspecified atom stereocenters. The van der Waals surface area contributed by atoms with Crippen LogP contribution in [0, 0.1) is 23.7 Å². The van der Waals surface area contributed by atoms with Gasteiger partial charge in [0.15, 0.2) is 0 Å². The summed E-state index contributed by atoms with van der Waals surface area (Å²) in [5, 5.41) is 0. The van der Waals surface area contributed by atoms with Crippen molar-refractivity contribution in [1.29, 1.82) is 0 Å². The predicted octanol–water partition coefficient (Wildman–Crippen LogP) is 1.48. The van der Waals surface area contributed by atoms with Crippen molar-refractivity contribution in [2.75, 3.05) is 0 Å². The van der Waals surface area contributed by atoms with Gasteiger partial charge in [0.2, 0.25) is 0 Å². The normalized spacial score (nSPS) is 55.6. The van der Waals surface area contributed by atoms with Crippen LogP contribution in [-0.2, 0) is 4.79 Å². The van der Waals surface area contributed by atoms with E-state index in [1.807, 2.05) is 0 Å². The average molecular weight is 124 g/mol. The molecule has 9 heavy (non-hydrogen) atoms. The van der Waals surface area contributed by atoms with E-state index in [4.69, 9.17) is 0 Å². The summed E-state index contributed by atoms with van der Waals surface area (Å²) in [6, 6.07) is 0. The number of Topliss-reactive ketones (excluding diaryl/α,β-unsaturated/α-hetero) is 1. The van der Waals surface area contributed by atoms with Gasteiger partial charge >= 0.3 is 0 Å². The Morgan fingerprint density at radius 1 is 1.22 bits per heavy atom. The SMILES string of the molecule is C[C@@H]1C(=O)[C@H](C)[C@@H]2C[C@@H]21. The lowest BCUT2D eigenvalue weighted by molar-refractivity contribution is -0.124. The maximum atomic E-state index is 11.1.